The third-order valence-corrected chi connectivity index (χ3v) is 1.95. The van der Waals surface area contributed by atoms with E-state index in [9.17, 15) is 4.79 Å². The van der Waals surface area contributed by atoms with E-state index in [0.717, 1.165) is 6.61 Å². The molecule has 0 aromatic heterocycles. The van der Waals surface area contributed by atoms with Gasteiger partial charge in [-0.05, 0) is 0 Å². The highest BCUT2D eigenvalue weighted by Crippen LogP contribution is 2.07. The first-order valence-corrected chi connectivity index (χ1v) is 3.47. The maximum Gasteiger partial charge on any atom is 0.234 e. The van der Waals surface area contributed by atoms with Crippen LogP contribution >= 0.6 is 0 Å². The zero-order chi connectivity index (χ0) is 6.97. The second-order valence-corrected chi connectivity index (χ2v) is 2.70. The molecule has 0 unspecified atom stereocenters. The Balaban J connectivity index is 2.03. The molecule has 2 rings (SSSR count). The highest BCUT2D eigenvalue weighted by atomic mass is 16.5. The minimum Gasteiger partial charge on any atom is -0.378 e. The van der Waals surface area contributed by atoms with Gasteiger partial charge in [-0.25, -0.2) is 0 Å². The lowest BCUT2D eigenvalue weighted by atomic mass is 10.1. The molecule has 0 aromatic carbocycles. The van der Waals surface area contributed by atoms with Crippen LogP contribution in [0.5, 0.6) is 0 Å². The third kappa shape index (κ3) is 0.892. The number of fused-ring (bicyclic) bond motifs is 1. The lowest BCUT2D eigenvalue weighted by Gasteiger charge is -2.25. The highest BCUT2D eigenvalue weighted by molar-refractivity contribution is 5.79. The Hall–Kier alpha value is -0.610. The van der Waals surface area contributed by atoms with Gasteiger partial charge in [0.2, 0.25) is 5.91 Å². The van der Waals surface area contributed by atoms with Crippen molar-refractivity contribution >= 4 is 5.91 Å². The van der Waals surface area contributed by atoms with Gasteiger partial charge in [-0.15, -0.1) is 0 Å². The maximum absolute atomic E-state index is 10.8. The molecule has 2 heterocycles. The number of ether oxygens (including phenoxy) is 1. The van der Waals surface area contributed by atoms with Crippen molar-refractivity contribution in [2.24, 2.45) is 0 Å². The number of piperazine rings is 1. The summed E-state index contributed by atoms with van der Waals surface area (Å²) in [5.74, 6) is 0.0757. The van der Waals surface area contributed by atoms with Gasteiger partial charge in [0.25, 0.3) is 0 Å². The topological polar surface area (TPSA) is 50.4 Å². The van der Waals surface area contributed by atoms with Gasteiger partial charge in [-0.3, -0.25) is 4.79 Å². The van der Waals surface area contributed by atoms with Crippen molar-refractivity contribution in [1.29, 1.82) is 0 Å². The van der Waals surface area contributed by atoms with Crippen molar-refractivity contribution in [2.75, 3.05) is 19.8 Å². The van der Waals surface area contributed by atoms with E-state index < -0.39 is 0 Å². The first-order chi connectivity index (χ1) is 4.86. The lowest BCUT2D eigenvalue weighted by molar-refractivity contribution is -0.122. The van der Waals surface area contributed by atoms with Crippen molar-refractivity contribution in [1.82, 2.24) is 10.6 Å². The van der Waals surface area contributed by atoms with Crippen molar-refractivity contribution in [3.63, 3.8) is 0 Å². The Kier molecular flexibility index (Phi) is 1.35. The van der Waals surface area contributed by atoms with Crippen molar-refractivity contribution < 1.29 is 9.53 Å². The van der Waals surface area contributed by atoms with Gasteiger partial charge in [0.1, 0.15) is 0 Å². The van der Waals surface area contributed by atoms with Crippen LogP contribution in [0.2, 0.25) is 0 Å². The monoisotopic (exact) mass is 142 g/mol. The fourth-order valence-electron chi connectivity index (χ4n) is 1.38. The molecule has 1 amide bonds. The Morgan fingerprint density at radius 3 is 3.10 bits per heavy atom. The lowest BCUT2D eigenvalue weighted by Crippen LogP contribution is -2.58. The van der Waals surface area contributed by atoms with E-state index in [1.807, 2.05) is 0 Å². The smallest absolute Gasteiger partial charge is 0.234 e. The molecular formula is C6H10N2O2. The molecule has 4 heteroatoms. The van der Waals surface area contributed by atoms with Gasteiger partial charge >= 0.3 is 0 Å². The molecule has 0 bridgehead atoms. The largest absolute Gasteiger partial charge is 0.378 e. The summed E-state index contributed by atoms with van der Waals surface area (Å²) in [7, 11) is 0. The number of nitrogens with one attached hydrogen (secondary N) is 2. The van der Waals surface area contributed by atoms with E-state index in [1.165, 1.54) is 0 Å². The number of carbonyl (C=O) groups is 1. The molecule has 2 saturated heterocycles. The molecule has 0 radical (unpaired) electrons. The summed E-state index contributed by atoms with van der Waals surface area (Å²) in [6.45, 7) is 1.82. The summed E-state index contributed by atoms with van der Waals surface area (Å²) in [5, 5.41) is 5.95. The number of hydrogen-bond donors (Lipinski definition) is 2. The second kappa shape index (κ2) is 2.21. The molecule has 4 nitrogen and oxygen atoms in total. The van der Waals surface area contributed by atoms with Crippen LogP contribution in [0.4, 0.5) is 0 Å². The number of rotatable bonds is 0. The Bertz CT molecular complexity index is 160. The van der Waals surface area contributed by atoms with Crippen LogP contribution in [0.3, 0.4) is 0 Å². The van der Waals surface area contributed by atoms with Crippen LogP contribution in [0, 0.1) is 0 Å². The van der Waals surface area contributed by atoms with Crippen molar-refractivity contribution in [3.8, 4) is 0 Å². The molecule has 0 aliphatic carbocycles. The van der Waals surface area contributed by atoms with E-state index in [0.29, 0.717) is 19.2 Å². The van der Waals surface area contributed by atoms with Gasteiger partial charge in [0, 0.05) is 0 Å². The van der Waals surface area contributed by atoms with Gasteiger partial charge in [-0.2, -0.15) is 0 Å². The van der Waals surface area contributed by atoms with Crippen LogP contribution in [0.1, 0.15) is 0 Å². The van der Waals surface area contributed by atoms with E-state index in [4.69, 9.17) is 4.74 Å². The van der Waals surface area contributed by atoms with Gasteiger partial charge < -0.3 is 15.4 Å². The fourth-order valence-corrected chi connectivity index (χ4v) is 1.38. The van der Waals surface area contributed by atoms with E-state index in [1.54, 1.807) is 0 Å². The van der Waals surface area contributed by atoms with E-state index in [-0.39, 0.29) is 11.9 Å². The Morgan fingerprint density at radius 1 is 1.40 bits per heavy atom. The van der Waals surface area contributed by atoms with Crippen molar-refractivity contribution in [2.45, 2.75) is 12.1 Å². The molecule has 2 fully saturated rings. The molecule has 2 N–H and O–H groups in total. The third-order valence-electron chi connectivity index (χ3n) is 1.95. The summed E-state index contributed by atoms with van der Waals surface area (Å²) in [6.07, 6.45) is 0. The fraction of sp³-hybridized carbons (Fsp3) is 0.833. The van der Waals surface area contributed by atoms with Crippen LogP contribution in [-0.2, 0) is 9.53 Å². The summed E-state index contributed by atoms with van der Waals surface area (Å²) in [6, 6.07) is 0.555. The summed E-state index contributed by atoms with van der Waals surface area (Å²) >= 11 is 0. The molecule has 0 aromatic rings. The highest BCUT2D eigenvalue weighted by Gasteiger charge is 2.32. The number of carbonyl (C=O) groups excluding carboxylic acids is 1. The normalized spacial score (nSPS) is 39.0. The predicted octanol–water partition coefficient (Wildman–Crippen LogP) is -1.53. The zero-order valence-corrected chi connectivity index (χ0v) is 5.59. The maximum atomic E-state index is 10.8. The predicted molar refractivity (Wildman–Crippen MR) is 34.5 cm³/mol. The molecular weight excluding hydrogens is 132 g/mol. The first-order valence-electron chi connectivity index (χ1n) is 3.47. The van der Waals surface area contributed by atoms with Crippen LogP contribution in [0.25, 0.3) is 0 Å². The minimum atomic E-state index is 0.0757. The number of amides is 1. The zero-order valence-electron chi connectivity index (χ0n) is 5.59. The van der Waals surface area contributed by atoms with Gasteiger partial charge in [0.05, 0.1) is 31.8 Å². The van der Waals surface area contributed by atoms with Crippen LogP contribution in [0.15, 0.2) is 0 Å². The van der Waals surface area contributed by atoms with E-state index in [2.05, 4.69) is 10.6 Å². The standard InChI is InChI=1S/C6H10N2O2/c9-6-1-7-4-2-10-3-5(4)8-6/h4-5,7H,1-3H2,(H,8,9)/t4-,5+/m1/s1. The molecule has 56 valence electrons. The minimum absolute atomic E-state index is 0.0757. The van der Waals surface area contributed by atoms with Crippen molar-refractivity contribution in [3.05, 3.63) is 0 Å². The summed E-state index contributed by atoms with van der Waals surface area (Å²) in [5.41, 5.74) is 0. The average Bonchev–Trinajstić information content (AvgIpc) is 2.33. The van der Waals surface area contributed by atoms with E-state index >= 15 is 0 Å². The average molecular weight is 142 g/mol. The Morgan fingerprint density at radius 2 is 2.20 bits per heavy atom. The van der Waals surface area contributed by atoms with Crippen LogP contribution < -0.4 is 10.6 Å². The summed E-state index contributed by atoms with van der Waals surface area (Å²) in [4.78, 5) is 10.8. The Labute approximate surface area is 58.9 Å². The van der Waals surface area contributed by atoms with Crippen LogP contribution in [-0.4, -0.2) is 37.7 Å². The van der Waals surface area contributed by atoms with Gasteiger partial charge in [-0.1, -0.05) is 0 Å². The SMILES string of the molecule is O=C1CN[C@@H]2COC[C@@H]2N1. The molecule has 2 aliphatic rings. The van der Waals surface area contributed by atoms with Gasteiger partial charge in [0.15, 0.2) is 0 Å². The molecule has 0 saturated carbocycles. The quantitative estimate of drug-likeness (QED) is 0.431. The molecule has 0 spiro atoms. The first kappa shape index (κ1) is 6.12. The molecule has 2 aliphatic heterocycles. The summed E-state index contributed by atoms with van der Waals surface area (Å²) < 4.78 is 5.16. The molecule has 2 atom stereocenters. The second-order valence-electron chi connectivity index (χ2n) is 2.70. The number of hydrogen-bond acceptors (Lipinski definition) is 3. The molecule has 10 heavy (non-hydrogen) atoms.